The lowest BCUT2D eigenvalue weighted by atomic mass is 9.90. The highest BCUT2D eigenvalue weighted by molar-refractivity contribution is 5.88. The van der Waals surface area contributed by atoms with Crippen molar-refractivity contribution in [3.63, 3.8) is 0 Å². The van der Waals surface area contributed by atoms with E-state index in [1.54, 1.807) is 10.9 Å². The predicted molar refractivity (Wildman–Crippen MR) is 107 cm³/mol. The fraction of sp³-hybridized carbons (Fsp3) is 0.333. The highest BCUT2D eigenvalue weighted by Gasteiger charge is 2.36. The maximum atomic E-state index is 15.2. The summed E-state index contributed by atoms with van der Waals surface area (Å²) in [5, 5.41) is 9.41. The molecular formula is C21H24FN5. The largest absolute Gasteiger partial charge is 0.341 e. The van der Waals surface area contributed by atoms with E-state index in [1.807, 2.05) is 38.6 Å². The van der Waals surface area contributed by atoms with Gasteiger partial charge in [0.25, 0.3) is 0 Å². The third kappa shape index (κ3) is 3.57. The molecule has 3 aromatic rings. The summed E-state index contributed by atoms with van der Waals surface area (Å²) in [4.78, 5) is 6.57. The molecule has 1 aromatic carbocycles. The molecule has 0 atom stereocenters. The molecule has 0 radical (unpaired) electrons. The minimum absolute atomic E-state index is 0.394. The van der Waals surface area contributed by atoms with Gasteiger partial charge in [0.15, 0.2) is 5.67 Å². The van der Waals surface area contributed by atoms with Gasteiger partial charge in [0.05, 0.1) is 6.20 Å². The number of aryl methyl sites for hydroxylation is 1. The second-order valence-corrected chi connectivity index (χ2v) is 7.41. The second kappa shape index (κ2) is 6.78. The number of halogens is 1. The van der Waals surface area contributed by atoms with Crippen LogP contribution in [0.2, 0.25) is 0 Å². The van der Waals surface area contributed by atoms with E-state index in [4.69, 9.17) is 0 Å². The Kier molecular flexibility index (Phi) is 4.44. The number of pyridine rings is 1. The van der Waals surface area contributed by atoms with Crippen molar-refractivity contribution < 1.29 is 4.39 Å². The van der Waals surface area contributed by atoms with Gasteiger partial charge in [-0.1, -0.05) is 18.7 Å². The fourth-order valence-corrected chi connectivity index (χ4v) is 3.50. The third-order valence-corrected chi connectivity index (χ3v) is 5.36. The summed E-state index contributed by atoms with van der Waals surface area (Å²) in [5.41, 5.74) is 1.15. The van der Waals surface area contributed by atoms with Crippen LogP contribution in [0.4, 0.5) is 10.2 Å². The SMILES string of the molecule is C=C(Nc1cc2cc(-c3cnn(C)c3)ccc2cn1)C1(F)CCN(C)CC1. The third-order valence-electron chi connectivity index (χ3n) is 5.36. The molecule has 140 valence electrons. The number of aromatic nitrogens is 3. The first-order valence-corrected chi connectivity index (χ1v) is 9.16. The average Bonchev–Trinajstić information content (AvgIpc) is 3.10. The fourth-order valence-electron chi connectivity index (χ4n) is 3.50. The summed E-state index contributed by atoms with van der Waals surface area (Å²) in [5.74, 6) is 0.617. The number of benzene rings is 1. The zero-order valence-corrected chi connectivity index (χ0v) is 15.7. The lowest BCUT2D eigenvalue weighted by molar-refractivity contribution is 0.103. The van der Waals surface area contributed by atoms with E-state index in [0.29, 0.717) is 24.4 Å². The molecule has 2 aromatic heterocycles. The number of hydrogen-bond acceptors (Lipinski definition) is 4. The highest BCUT2D eigenvalue weighted by Crippen LogP contribution is 2.33. The summed E-state index contributed by atoms with van der Waals surface area (Å²) in [6.07, 6.45) is 6.53. The van der Waals surface area contributed by atoms with Gasteiger partial charge in [-0.15, -0.1) is 0 Å². The van der Waals surface area contributed by atoms with Gasteiger partial charge in [0.2, 0.25) is 0 Å². The van der Waals surface area contributed by atoms with E-state index in [-0.39, 0.29) is 0 Å². The van der Waals surface area contributed by atoms with Crippen LogP contribution in [0.15, 0.2) is 55.1 Å². The van der Waals surface area contributed by atoms with Crippen LogP contribution < -0.4 is 5.32 Å². The van der Waals surface area contributed by atoms with Gasteiger partial charge in [-0.05, 0) is 43.0 Å². The summed E-state index contributed by atoms with van der Waals surface area (Å²) in [7, 11) is 3.92. The van der Waals surface area contributed by atoms with Crippen LogP contribution in [0.5, 0.6) is 0 Å². The first-order valence-electron chi connectivity index (χ1n) is 9.16. The number of alkyl halides is 1. The smallest absolute Gasteiger partial charge is 0.152 e. The molecule has 5 nitrogen and oxygen atoms in total. The number of fused-ring (bicyclic) bond motifs is 1. The van der Waals surface area contributed by atoms with Crippen LogP contribution in [0.1, 0.15) is 12.8 Å². The van der Waals surface area contributed by atoms with Gasteiger partial charge < -0.3 is 10.2 Å². The van der Waals surface area contributed by atoms with Crippen molar-refractivity contribution in [2.45, 2.75) is 18.5 Å². The van der Waals surface area contributed by atoms with Crippen LogP contribution in [-0.4, -0.2) is 45.5 Å². The van der Waals surface area contributed by atoms with Crippen LogP contribution in [0.3, 0.4) is 0 Å². The van der Waals surface area contributed by atoms with Crippen molar-refractivity contribution in [1.29, 1.82) is 0 Å². The normalized spacial score (nSPS) is 17.1. The molecule has 6 heteroatoms. The number of nitrogens with zero attached hydrogens (tertiary/aromatic N) is 4. The molecule has 0 spiro atoms. The van der Waals surface area contributed by atoms with Gasteiger partial charge in [-0.3, -0.25) is 4.68 Å². The Hall–Kier alpha value is -2.73. The van der Waals surface area contributed by atoms with E-state index in [0.717, 1.165) is 35.0 Å². The molecule has 0 amide bonds. The van der Waals surface area contributed by atoms with Crippen LogP contribution in [0, 0.1) is 0 Å². The van der Waals surface area contributed by atoms with E-state index < -0.39 is 5.67 Å². The van der Waals surface area contributed by atoms with Crippen molar-refractivity contribution in [3.8, 4) is 11.1 Å². The van der Waals surface area contributed by atoms with E-state index >= 15 is 4.39 Å². The minimum atomic E-state index is -1.39. The molecule has 1 aliphatic rings. The van der Waals surface area contributed by atoms with Crippen LogP contribution in [0.25, 0.3) is 21.9 Å². The van der Waals surface area contributed by atoms with Crippen molar-refractivity contribution in [2.24, 2.45) is 7.05 Å². The monoisotopic (exact) mass is 365 g/mol. The standard InChI is InChI=1S/C21H24FN5/c1-15(21(22)6-8-26(2)9-7-21)25-20-11-18-10-16(4-5-17(18)12-23-20)19-13-24-27(3)14-19/h4-5,10-14H,1,6-9H2,2-3H3,(H,23,25). The topological polar surface area (TPSA) is 46.0 Å². The summed E-state index contributed by atoms with van der Waals surface area (Å²) >= 11 is 0. The first-order chi connectivity index (χ1) is 12.9. The lowest BCUT2D eigenvalue weighted by Gasteiger charge is -2.35. The molecule has 0 aliphatic carbocycles. The van der Waals surface area contributed by atoms with Crippen molar-refractivity contribution in [2.75, 3.05) is 25.5 Å². The van der Waals surface area contributed by atoms with E-state index in [9.17, 15) is 0 Å². The molecule has 4 rings (SSSR count). The Balaban J connectivity index is 1.58. The minimum Gasteiger partial charge on any atom is -0.341 e. The number of hydrogen-bond donors (Lipinski definition) is 1. The Morgan fingerprint density at radius 3 is 2.59 bits per heavy atom. The van der Waals surface area contributed by atoms with E-state index in [2.05, 4.69) is 39.0 Å². The maximum absolute atomic E-state index is 15.2. The molecule has 1 saturated heterocycles. The average molecular weight is 365 g/mol. The van der Waals surface area contributed by atoms with Gasteiger partial charge in [-0.2, -0.15) is 5.10 Å². The quantitative estimate of drug-likeness (QED) is 0.759. The number of anilines is 1. The number of rotatable bonds is 4. The summed E-state index contributed by atoms with van der Waals surface area (Å²) < 4.78 is 17.0. The van der Waals surface area contributed by atoms with Gasteiger partial charge >= 0.3 is 0 Å². The van der Waals surface area contributed by atoms with Crippen molar-refractivity contribution in [3.05, 3.63) is 55.1 Å². The molecule has 0 bridgehead atoms. The summed E-state index contributed by atoms with van der Waals surface area (Å²) in [6, 6.07) is 8.14. The Morgan fingerprint density at radius 2 is 1.89 bits per heavy atom. The lowest BCUT2D eigenvalue weighted by Crippen LogP contribution is -2.42. The Bertz CT molecular complexity index is 985. The zero-order chi connectivity index (χ0) is 19.0. The maximum Gasteiger partial charge on any atom is 0.152 e. The molecule has 1 fully saturated rings. The van der Waals surface area contributed by atoms with Gasteiger partial charge in [0.1, 0.15) is 5.82 Å². The number of allylic oxidation sites excluding steroid dienone is 1. The van der Waals surface area contributed by atoms with E-state index in [1.165, 1.54) is 0 Å². The summed E-state index contributed by atoms with van der Waals surface area (Å²) in [6.45, 7) is 5.43. The Labute approximate surface area is 158 Å². The van der Waals surface area contributed by atoms with Crippen LogP contribution in [-0.2, 0) is 7.05 Å². The molecule has 0 saturated carbocycles. The molecule has 0 unspecified atom stereocenters. The van der Waals surface area contributed by atoms with Gasteiger partial charge in [0, 0.05) is 49.2 Å². The predicted octanol–water partition coefficient (Wildman–Crippen LogP) is 3.99. The molecule has 1 aliphatic heterocycles. The number of piperidine rings is 1. The number of likely N-dealkylation sites (tertiary alicyclic amines) is 1. The molecular weight excluding hydrogens is 341 g/mol. The van der Waals surface area contributed by atoms with Crippen molar-refractivity contribution in [1.82, 2.24) is 19.7 Å². The molecule has 1 N–H and O–H groups in total. The van der Waals surface area contributed by atoms with Crippen LogP contribution >= 0.6 is 0 Å². The van der Waals surface area contributed by atoms with Gasteiger partial charge in [-0.25, -0.2) is 9.37 Å². The Morgan fingerprint density at radius 1 is 1.11 bits per heavy atom. The molecule has 3 heterocycles. The number of nitrogens with one attached hydrogen (secondary N) is 1. The zero-order valence-electron chi connectivity index (χ0n) is 15.7. The van der Waals surface area contributed by atoms with Crippen molar-refractivity contribution >= 4 is 16.6 Å². The first kappa shape index (κ1) is 17.7. The highest BCUT2D eigenvalue weighted by atomic mass is 19.1. The molecule has 27 heavy (non-hydrogen) atoms. The second-order valence-electron chi connectivity index (χ2n) is 7.41.